The van der Waals surface area contributed by atoms with Crippen LogP contribution in [0.3, 0.4) is 0 Å². The molecule has 3 rings (SSSR count). The minimum absolute atomic E-state index is 0.129. The largest absolute Gasteiger partial charge is 0.490 e. The Balaban J connectivity index is 2.05. The fourth-order valence-corrected chi connectivity index (χ4v) is 3.06. The number of benzene rings is 2. The number of rotatable bonds is 5. The molecule has 0 fully saturated rings. The maximum Gasteiger partial charge on any atom is 0.197 e. The molecule has 1 aliphatic rings. The average Bonchev–Trinajstić information content (AvgIpc) is 2.84. The van der Waals surface area contributed by atoms with Gasteiger partial charge < -0.3 is 9.47 Å². The quantitative estimate of drug-likeness (QED) is 0.580. The molecule has 25 heavy (non-hydrogen) atoms. The van der Waals surface area contributed by atoms with E-state index in [2.05, 4.69) is 0 Å². The van der Waals surface area contributed by atoms with Gasteiger partial charge in [-0.05, 0) is 37.6 Å². The smallest absolute Gasteiger partial charge is 0.197 e. The molecule has 2 aromatic rings. The Labute approximate surface area is 151 Å². The molecular formula is C20H17ClO4. The molecule has 0 radical (unpaired) electrons. The molecule has 0 amide bonds. The molecular weight excluding hydrogens is 340 g/mol. The van der Waals surface area contributed by atoms with Gasteiger partial charge in [-0.1, -0.05) is 35.9 Å². The van der Waals surface area contributed by atoms with E-state index in [-0.39, 0.29) is 17.1 Å². The van der Waals surface area contributed by atoms with Crippen molar-refractivity contribution in [3.63, 3.8) is 0 Å². The second kappa shape index (κ2) is 7.11. The number of ketones is 2. The molecule has 0 bridgehead atoms. The van der Waals surface area contributed by atoms with Gasteiger partial charge in [0.25, 0.3) is 0 Å². The van der Waals surface area contributed by atoms with Crippen LogP contribution in [0.4, 0.5) is 0 Å². The number of ether oxygens (including phenoxy) is 2. The summed E-state index contributed by atoms with van der Waals surface area (Å²) in [6, 6.07) is 10.2. The zero-order valence-corrected chi connectivity index (χ0v) is 14.7. The lowest BCUT2D eigenvalue weighted by molar-refractivity contribution is 0.0990. The highest BCUT2D eigenvalue weighted by molar-refractivity contribution is 6.41. The van der Waals surface area contributed by atoms with Crippen molar-refractivity contribution in [1.82, 2.24) is 0 Å². The van der Waals surface area contributed by atoms with E-state index in [4.69, 9.17) is 21.1 Å². The number of hydrogen-bond acceptors (Lipinski definition) is 4. The third-order valence-corrected chi connectivity index (χ3v) is 4.12. The maximum atomic E-state index is 12.5. The summed E-state index contributed by atoms with van der Waals surface area (Å²) in [6.45, 7) is 4.61. The SMILES string of the molecule is CCOc1cc(C=C2C(=O)c3ccccc3C2=O)cc(Cl)c1OCC. The summed E-state index contributed by atoms with van der Waals surface area (Å²) in [5, 5.41) is 0.370. The van der Waals surface area contributed by atoms with Crippen LogP contribution in [0.15, 0.2) is 42.0 Å². The van der Waals surface area contributed by atoms with Crippen LogP contribution in [-0.2, 0) is 0 Å². The molecule has 0 heterocycles. The number of halogens is 1. The van der Waals surface area contributed by atoms with E-state index in [1.807, 2.05) is 13.8 Å². The first-order chi connectivity index (χ1) is 12.1. The van der Waals surface area contributed by atoms with Crippen LogP contribution < -0.4 is 9.47 Å². The third-order valence-electron chi connectivity index (χ3n) is 3.84. The highest BCUT2D eigenvalue weighted by Gasteiger charge is 2.32. The van der Waals surface area contributed by atoms with Crippen molar-refractivity contribution >= 4 is 29.2 Å². The standard InChI is InChI=1S/C20H17ClO4/c1-3-24-17-11-12(10-16(21)20(17)25-4-2)9-15-18(22)13-7-5-6-8-14(13)19(15)23/h5-11H,3-4H2,1-2H3. The van der Waals surface area contributed by atoms with Gasteiger partial charge in [0.15, 0.2) is 23.1 Å². The van der Waals surface area contributed by atoms with Crippen LogP contribution in [0.2, 0.25) is 5.02 Å². The monoisotopic (exact) mass is 356 g/mol. The summed E-state index contributed by atoms with van der Waals surface area (Å²) in [7, 11) is 0. The van der Waals surface area contributed by atoms with Crippen LogP contribution >= 0.6 is 11.6 Å². The van der Waals surface area contributed by atoms with Crippen molar-refractivity contribution in [2.45, 2.75) is 13.8 Å². The summed E-state index contributed by atoms with van der Waals surface area (Å²) in [6.07, 6.45) is 1.55. The third kappa shape index (κ3) is 3.17. The second-order valence-corrected chi connectivity index (χ2v) is 5.87. The van der Waals surface area contributed by atoms with Gasteiger partial charge in [0.05, 0.1) is 23.8 Å². The highest BCUT2D eigenvalue weighted by Crippen LogP contribution is 2.38. The minimum atomic E-state index is -0.274. The summed E-state index contributed by atoms with van der Waals surface area (Å²) >= 11 is 6.29. The molecule has 128 valence electrons. The first kappa shape index (κ1) is 17.2. The van der Waals surface area contributed by atoms with E-state index < -0.39 is 0 Å². The number of carbonyl (C=O) groups is 2. The maximum absolute atomic E-state index is 12.5. The molecule has 0 aliphatic heterocycles. The van der Waals surface area contributed by atoms with Gasteiger partial charge in [0.2, 0.25) is 0 Å². The van der Waals surface area contributed by atoms with Crippen LogP contribution in [0, 0.1) is 0 Å². The minimum Gasteiger partial charge on any atom is -0.490 e. The zero-order chi connectivity index (χ0) is 18.0. The predicted octanol–water partition coefficient (Wildman–Crippen LogP) is 4.60. The first-order valence-electron chi connectivity index (χ1n) is 8.06. The van der Waals surface area contributed by atoms with E-state index in [9.17, 15) is 9.59 Å². The van der Waals surface area contributed by atoms with Crippen molar-refractivity contribution in [2.24, 2.45) is 0 Å². The van der Waals surface area contributed by atoms with Crippen LogP contribution in [-0.4, -0.2) is 24.8 Å². The summed E-state index contributed by atoms with van der Waals surface area (Å²) in [5.41, 5.74) is 1.60. The Bertz CT molecular complexity index is 846. The molecule has 4 nitrogen and oxygen atoms in total. The molecule has 0 spiro atoms. The topological polar surface area (TPSA) is 52.6 Å². The molecule has 1 aliphatic carbocycles. The predicted molar refractivity (Wildman–Crippen MR) is 96.9 cm³/mol. The lowest BCUT2D eigenvalue weighted by Crippen LogP contribution is -2.02. The molecule has 5 heteroatoms. The van der Waals surface area contributed by atoms with Gasteiger partial charge in [0, 0.05) is 11.1 Å². The molecule has 0 saturated heterocycles. The molecule has 0 unspecified atom stereocenters. The van der Waals surface area contributed by atoms with Crippen molar-refractivity contribution in [1.29, 1.82) is 0 Å². The molecule has 0 aromatic heterocycles. The lowest BCUT2D eigenvalue weighted by atomic mass is 10.1. The molecule has 0 atom stereocenters. The summed E-state index contributed by atoms with van der Waals surface area (Å²) in [5.74, 6) is 0.395. The Hall–Kier alpha value is -2.59. The number of carbonyl (C=O) groups excluding carboxylic acids is 2. The Morgan fingerprint density at radius 2 is 1.56 bits per heavy atom. The second-order valence-electron chi connectivity index (χ2n) is 5.46. The number of Topliss-reactive ketones (excluding diaryl/α,β-unsaturated/α-hetero) is 2. The molecule has 0 N–H and O–H groups in total. The van der Waals surface area contributed by atoms with Crippen molar-refractivity contribution < 1.29 is 19.1 Å². The van der Waals surface area contributed by atoms with Crippen molar-refractivity contribution in [2.75, 3.05) is 13.2 Å². The molecule has 2 aromatic carbocycles. The fourth-order valence-electron chi connectivity index (χ4n) is 2.79. The number of fused-ring (bicyclic) bond motifs is 1. The van der Waals surface area contributed by atoms with Crippen LogP contribution in [0.25, 0.3) is 6.08 Å². The van der Waals surface area contributed by atoms with Crippen LogP contribution in [0.5, 0.6) is 11.5 Å². The summed E-state index contributed by atoms with van der Waals surface area (Å²) in [4.78, 5) is 25.0. The lowest BCUT2D eigenvalue weighted by Gasteiger charge is -2.13. The van der Waals surface area contributed by atoms with E-state index in [1.165, 1.54) is 0 Å². The summed E-state index contributed by atoms with van der Waals surface area (Å²) < 4.78 is 11.1. The Morgan fingerprint density at radius 1 is 0.960 bits per heavy atom. The van der Waals surface area contributed by atoms with Gasteiger partial charge >= 0.3 is 0 Å². The average molecular weight is 357 g/mol. The normalized spacial score (nSPS) is 13.0. The van der Waals surface area contributed by atoms with E-state index in [0.29, 0.717) is 46.4 Å². The van der Waals surface area contributed by atoms with Gasteiger partial charge in [-0.15, -0.1) is 0 Å². The fraction of sp³-hybridized carbons (Fsp3) is 0.200. The van der Waals surface area contributed by atoms with Crippen LogP contribution in [0.1, 0.15) is 40.1 Å². The van der Waals surface area contributed by atoms with Crippen molar-refractivity contribution in [3.05, 3.63) is 63.7 Å². The van der Waals surface area contributed by atoms with Gasteiger partial charge in [-0.25, -0.2) is 0 Å². The van der Waals surface area contributed by atoms with E-state index in [1.54, 1.807) is 42.5 Å². The highest BCUT2D eigenvalue weighted by atomic mass is 35.5. The number of hydrogen-bond donors (Lipinski definition) is 0. The Morgan fingerprint density at radius 3 is 2.12 bits per heavy atom. The van der Waals surface area contributed by atoms with Crippen molar-refractivity contribution in [3.8, 4) is 11.5 Å². The zero-order valence-electron chi connectivity index (χ0n) is 14.0. The van der Waals surface area contributed by atoms with Gasteiger partial charge in [-0.3, -0.25) is 9.59 Å². The van der Waals surface area contributed by atoms with E-state index in [0.717, 1.165) is 0 Å². The van der Waals surface area contributed by atoms with Gasteiger partial charge in [0.1, 0.15) is 0 Å². The Kier molecular flexibility index (Phi) is 4.91. The van der Waals surface area contributed by atoms with Gasteiger partial charge in [-0.2, -0.15) is 0 Å². The molecule has 0 saturated carbocycles. The number of allylic oxidation sites excluding steroid dienone is 1. The first-order valence-corrected chi connectivity index (χ1v) is 8.43. The van der Waals surface area contributed by atoms with E-state index >= 15 is 0 Å².